The van der Waals surface area contributed by atoms with Crippen molar-refractivity contribution in [2.75, 3.05) is 0 Å². The summed E-state index contributed by atoms with van der Waals surface area (Å²) in [4.78, 5) is 27.3. The van der Waals surface area contributed by atoms with Gasteiger partial charge in [-0.2, -0.15) is 9.78 Å². The molecular weight excluding hydrogens is 558 g/mol. The Bertz CT molecular complexity index is 1680. The number of phenols is 1. The first-order valence-corrected chi connectivity index (χ1v) is 14.0. The first-order valence-electron chi connectivity index (χ1n) is 12.8. The summed E-state index contributed by atoms with van der Waals surface area (Å²) in [6, 6.07) is 20.4. The molecular formula is C31H27N3O5S2. The lowest BCUT2D eigenvalue weighted by atomic mass is 10.0. The van der Waals surface area contributed by atoms with Crippen LogP contribution in [0.5, 0.6) is 17.4 Å². The van der Waals surface area contributed by atoms with Crippen molar-refractivity contribution in [1.82, 2.24) is 14.7 Å². The molecule has 0 radical (unpaired) electrons. The molecule has 1 fully saturated rings. The number of carboxylic acid groups (broad SMARTS) is 1. The Balaban J connectivity index is 1.54. The van der Waals surface area contributed by atoms with E-state index in [0.29, 0.717) is 28.5 Å². The number of aryl methyl sites for hydroxylation is 3. The highest BCUT2D eigenvalue weighted by Crippen LogP contribution is 2.39. The van der Waals surface area contributed by atoms with Crippen LogP contribution in [0.2, 0.25) is 0 Å². The van der Waals surface area contributed by atoms with Crippen LogP contribution in [0.4, 0.5) is 0 Å². The summed E-state index contributed by atoms with van der Waals surface area (Å²) in [7, 11) is 0. The lowest BCUT2D eigenvalue weighted by molar-refractivity contribution is -0.145. The van der Waals surface area contributed by atoms with Gasteiger partial charge in [0.15, 0.2) is 0 Å². The number of amides is 1. The molecule has 2 heterocycles. The summed E-state index contributed by atoms with van der Waals surface area (Å²) in [5.41, 5.74) is 4.68. The van der Waals surface area contributed by atoms with Gasteiger partial charge in [-0.3, -0.25) is 9.69 Å². The van der Waals surface area contributed by atoms with Gasteiger partial charge in [0.1, 0.15) is 21.9 Å². The third-order valence-electron chi connectivity index (χ3n) is 6.66. The van der Waals surface area contributed by atoms with Gasteiger partial charge in [0.05, 0.1) is 21.8 Å². The molecule has 1 aromatic heterocycles. The Hall–Kier alpha value is -4.41. The molecule has 0 bridgehead atoms. The first kappa shape index (κ1) is 28.1. The van der Waals surface area contributed by atoms with Crippen molar-refractivity contribution < 1.29 is 24.5 Å². The van der Waals surface area contributed by atoms with E-state index in [1.165, 1.54) is 12.1 Å². The molecule has 1 aliphatic heterocycles. The Morgan fingerprint density at radius 1 is 1.07 bits per heavy atom. The molecule has 0 saturated carbocycles. The van der Waals surface area contributed by atoms with Gasteiger partial charge in [-0.25, -0.2) is 4.79 Å². The van der Waals surface area contributed by atoms with E-state index >= 15 is 0 Å². The van der Waals surface area contributed by atoms with Crippen molar-refractivity contribution in [3.63, 3.8) is 0 Å². The van der Waals surface area contributed by atoms with Gasteiger partial charge in [0.2, 0.25) is 5.88 Å². The molecule has 208 valence electrons. The maximum atomic E-state index is 13.6. The van der Waals surface area contributed by atoms with Crippen LogP contribution in [-0.4, -0.2) is 47.1 Å². The zero-order chi connectivity index (χ0) is 29.3. The predicted octanol–water partition coefficient (Wildman–Crippen LogP) is 6.19. The molecule has 0 aliphatic carbocycles. The fraction of sp³-hybridized carbons (Fsp3) is 0.161. The second-order valence-electron chi connectivity index (χ2n) is 9.70. The summed E-state index contributed by atoms with van der Waals surface area (Å²) in [5, 5.41) is 24.3. The van der Waals surface area contributed by atoms with Crippen LogP contribution in [0.1, 0.15) is 27.9 Å². The van der Waals surface area contributed by atoms with Crippen molar-refractivity contribution in [1.29, 1.82) is 0 Å². The molecule has 2 N–H and O–H groups in total. The number of carbonyl (C=O) groups is 2. The van der Waals surface area contributed by atoms with Crippen molar-refractivity contribution in [3.8, 4) is 23.1 Å². The molecule has 0 unspecified atom stereocenters. The van der Waals surface area contributed by atoms with Crippen LogP contribution in [0.15, 0.2) is 77.7 Å². The number of ether oxygens (including phenoxy) is 1. The number of nitrogens with zero attached hydrogens (tertiary/aromatic N) is 3. The van der Waals surface area contributed by atoms with E-state index in [1.807, 2.05) is 69.3 Å². The summed E-state index contributed by atoms with van der Waals surface area (Å²) < 4.78 is 8.29. The zero-order valence-corrected chi connectivity index (χ0v) is 24.2. The normalized spacial score (nSPS) is 15.0. The number of benzene rings is 3. The molecule has 8 nitrogen and oxygen atoms in total. The fourth-order valence-corrected chi connectivity index (χ4v) is 5.91. The molecule has 5 rings (SSSR count). The van der Waals surface area contributed by atoms with Crippen LogP contribution in [0, 0.1) is 20.8 Å². The lowest BCUT2D eigenvalue weighted by Crippen LogP contribution is -2.45. The van der Waals surface area contributed by atoms with Gasteiger partial charge in [0, 0.05) is 6.42 Å². The van der Waals surface area contributed by atoms with E-state index in [2.05, 4.69) is 0 Å². The molecule has 1 aliphatic rings. The van der Waals surface area contributed by atoms with Crippen molar-refractivity contribution in [3.05, 3.63) is 106 Å². The Morgan fingerprint density at radius 3 is 2.44 bits per heavy atom. The molecule has 10 heteroatoms. The predicted molar refractivity (Wildman–Crippen MR) is 163 cm³/mol. The van der Waals surface area contributed by atoms with Crippen molar-refractivity contribution in [2.24, 2.45) is 0 Å². The number of aromatic nitrogens is 2. The minimum absolute atomic E-state index is 0.0291. The van der Waals surface area contributed by atoms with Crippen molar-refractivity contribution >= 4 is 46.3 Å². The monoisotopic (exact) mass is 585 g/mol. The molecule has 41 heavy (non-hydrogen) atoms. The smallest absolute Gasteiger partial charge is 0.327 e. The minimum atomic E-state index is -1.21. The number of carboxylic acids is 1. The molecule has 1 atom stereocenters. The van der Waals surface area contributed by atoms with Crippen LogP contribution >= 0.6 is 24.0 Å². The molecule has 1 saturated heterocycles. The van der Waals surface area contributed by atoms with Gasteiger partial charge in [0.25, 0.3) is 5.91 Å². The number of hydrogen-bond acceptors (Lipinski definition) is 7. The second-order valence-corrected chi connectivity index (χ2v) is 11.4. The zero-order valence-electron chi connectivity index (χ0n) is 22.6. The Morgan fingerprint density at radius 2 is 1.78 bits per heavy atom. The number of carbonyl (C=O) groups excluding carboxylic acids is 1. The summed E-state index contributed by atoms with van der Waals surface area (Å²) in [5.74, 6) is -0.544. The maximum Gasteiger partial charge on any atom is 0.327 e. The van der Waals surface area contributed by atoms with E-state index in [-0.39, 0.29) is 21.4 Å². The third kappa shape index (κ3) is 5.89. The minimum Gasteiger partial charge on any atom is -0.508 e. The number of thiocarbonyl (C=S) groups is 1. The molecule has 0 spiro atoms. The Kier molecular flexibility index (Phi) is 7.96. The highest BCUT2D eigenvalue weighted by Gasteiger charge is 2.41. The summed E-state index contributed by atoms with van der Waals surface area (Å²) in [6.07, 6.45) is 1.70. The number of aromatic hydroxyl groups is 1. The van der Waals surface area contributed by atoms with Crippen LogP contribution in [-0.2, 0) is 16.0 Å². The highest BCUT2D eigenvalue weighted by molar-refractivity contribution is 8.26. The number of thioether (sulfide) groups is 1. The van der Waals surface area contributed by atoms with E-state index in [4.69, 9.17) is 22.1 Å². The first-order chi connectivity index (χ1) is 19.6. The van der Waals surface area contributed by atoms with Gasteiger partial charge in [-0.1, -0.05) is 72.0 Å². The number of para-hydroxylation sites is 1. The van der Waals surface area contributed by atoms with E-state index in [0.717, 1.165) is 33.5 Å². The third-order valence-corrected chi connectivity index (χ3v) is 7.99. The topological polar surface area (TPSA) is 105 Å². The standard InChI is InChI=1S/C31H27N3O5S2/c1-18-9-14-26(19(2)15-18)39-29-24(20(3)32-34(29)22-7-5-4-6-8-22)17-27-28(36)33(31(40)41-27)25(30(37)38)16-21-10-12-23(35)13-11-21/h4-15,17,25,35H,16H2,1-3H3,(H,37,38)/b27-17-/t25-/m0/s1. The largest absolute Gasteiger partial charge is 0.508 e. The van der Waals surface area contributed by atoms with E-state index in [9.17, 15) is 19.8 Å². The molecule has 4 aromatic rings. The highest BCUT2D eigenvalue weighted by atomic mass is 32.2. The van der Waals surface area contributed by atoms with Crippen LogP contribution in [0.25, 0.3) is 11.8 Å². The van der Waals surface area contributed by atoms with Crippen LogP contribution < -0.4 is 4.74 Å². The summed E-state index contributed by atoms with van der Waals surface area (Å²) in [6.45, 7) is 5.80. The maximum absolute atomic E-state index is 13.6. The van der Waals surface area contributed by atoms with Crippen LogP contribution in [0.3, 0.4) is 0 Å². The SMILES string of the molecule is Cc1ccc(Oc2c(/C=C3\SC(=S)N([C@@H](Cc4ccc(O)cc4)C(=O)O)C3=O)c(C)nn2-c2ccccc2)c(C)c1. The summed E-state index contributed by atoms with van der Waals surface area (Å²) >= 11 is 6.54. The average Bonchev–Trinajstić information content (AvgIpc) is 3.40. The van der Waals surface area contributed by atoms with Gasteiger partial charge < -0.3 is 14.9 Å². The van der Waals surface area contributed by atoms with Gasteiger partial charge in [-0.15, -0.1) is 0 Å². The van der Waals surface area contributed by atoms with E-state index in [1.54, 1.807) is 22.9 Å². The van der Waals surface area contributed by atoms with Gasteiger partial charge >= 0.3 is 5.97 Å². The number of hydrogen-bond donors (Lipinski definition) is 2. The quantitative estimate of drug-likeness (QED) is 0.186. The Labute approximate surface area is 246 Å². The fourth-order valence-electron chi connectivity index (χ4n) is 4.57. The van der Waals surface area contributed by atoms with Gasteiger partial charge in [-0.05, 0) is 68.3 Å². The average molecular weight is 586 g/mol. The number of aliphatic carboxylic acids is 1. The number of rotatable bonds is 8. The molecule has 3 aromatic carbocycles. The second kappa shape index (κ2) is 11.6. The lowest BCUT2D eigenvalue weighted by Gasteiger charge is -2.23. The number of phenolic OH excluding ortho intramolecular Hbond substituents is 1. The van der Waals surface area contributed by atoms with E-state index < -0.39 is 17.9 Å². The van der Waals surface area contributed by atoms with Crippen molar-refractivity contribution in [2.45, 2.75) is 33.2 Å². The molecule has 1 amide bonds.